The quantitative estimate of drug-likeness (QED) is 0.501. The Morgan fingerprint density at radius 3 is 2.75 bits per heavy atom. The molecule has 2 unspecified atom stereocenters. The SMILES string of the molecule is CNc1ccc([N+](=O)[O-])c(NC2CCCCCC2C)n1. The minimum Gasteiger partial charge on any atom is -0.373 e. The minimum absolute atomic E-state index is 0.0421. The van der Waals surface area contributed by atoms with Gasteiger partial charge in [0.1, 0.15) is 5.82 Å². The lowest BCUT2D eigenvalue weighted by Crippen LogP contribution is -2.27. The average Bonchev–Trinajstić information content (AvgIpc) is 2.64. The van der Waals surface area contributed by atoms with Crippen LogP contribution in [0.5, 0.6) is 0 Å². The molecular weight excluding hydrogens is 256 g/mol. The highest BCUT2D eigenvalue weighted by Crippen LogP contribution is 2.30. The van der Waals surface area contributed by atoms with Gasteiger partial charge in [0.15, 0.2) is 0 Å². The van der Waals surface area contributed by atoms with Crippen LogP contribution in [0.4, 0.5) is 17.3 Å². The van der Waals surface area contributed by atoms with Gasteiger partial charge in [-0.3, -0.25) is 10.1 Å². The third-order valence-corrected chi connectivity index (χ3v) is 4.01. The summed E-state index contributed by atoms with van der Waals surface area (Å²) in [5.74, 6) is 1.53. The molecule has 2 rings (SSSR count). The Kier molecular flexibility index (Phi) is 4.76. The molecule has 0 saturated heterocycles. The first-order valence-corrected chi connectivity index (χ1v) is 7.21. The Morgan fingerprint density at radius 2 is 2.05 bits per heavy atom. The second-order valence-electron chi connectivity index (χ2n) is 5.44. The summed E-state index contributed by atoms with van der Waals surface area (Å²) < 4.78 is 0. The molecule has 1 fully saturated rings. The van der Waals surface area contributed by atoms with Gasteiger partial charge in [0.05, 0.1) is 4.92 Å². The fourth-order valence-corrected chi connectivity index (χ4v) is 2.73. The van der Waals surface area contributed by atoms with E-state index in [0.717, 1.165) is 12.8 Å². The standard InChI is InChI=1S/C14H22N4O2/c1-10-6-4-3-5-7-11(10)16-14-12(18(19)20)8-9-13(15-2)17-14/h8-11H,3-7H2,1-2H3,(H2,15,16,17). The van der Waals surface area contributed by atoms with Crippen LogP contribution >= 0.6 is 0 Å². The number of nitrogens with one attached hydrogen (secondary N) is 2. The molecular formula is C14H22N4O2. The Hall–Kier alpha value is -1.85. The van der Waals surface area contributed by atoms with E-state index in [1.54, 1.807) is 13.1 Å². The number of nitro groups is 1. The average molecular weight is 278 g/mol. The lowest BCUT2D eigenvalue weighted by Gasteiger charge is -2.23. The van der Waals surface area contributed by atoms with E-state index < -0.39 is 0 Å². The first-order valence-electron chi connectivity index (χ1n) is 7.21. The maximum absolute atomic E-state index is 11.1. The topological polar surface area (TPSA) is 80.1 Å². The summed E-state index contributed by atoms with van der Waals surface area (Å²) in [6.45, 7) is 2.21. The number of rotatable bonds is 4. The second kappa shape index (κ2) is 6.54. The molecule has 1 aliphatic carbocycles. The number of hydrogen-bond donors (Lipinski definition) is 2. The summed E-state index contributed by atoms with van der Waals surface area (Å²) in [7, 11) is 1.76. The van der Waals surface area contributed by atoms with Crippen LogP contribution in [0.25, 0.3) is 0 Å². The highest BCUT2D eigenvalue weighted by molar-refractivity contribution is 5.60. The first-order chi connectivity index (χ1) is 9.61. The van der Waals surface area contributed by atoms with Crippen LogP contribution in [0, 0.1) is 16.0 Å². The van der Waals surface area contributed by atoms with Gasteiger partial charge in [0, 0.05) is 19.2 Å². The van der Waals surface area contributed by atoms with Gasteiger partial charge in [-0.15, -0.1) is 0 Å². The molecule has 1 aromatic heterocycles. The zero-order valence-electron chi connectivity index (χ0n) is 12.1. The Labute approximate surface area is 119 Å². The molecule has 20 heavy (non-hydrogen) atoms. The van der Waals surface area contributed by atoms with Crippen LogP contribution in [0.15, 0.2) is 12.1 Å². The van der Waals surface area contributed by atoms with E-state index in [1.165, 1.54) is 25.3 Å². The van der Waals surface area contributed by atoms with E-state index in [2.05, 4.69) is 22.5 Å². The highest BCUT2D eigenvalue weighted by Gasteiger charge is 2.24. The summed E-state index contributed by atoms with van der Waals surface area (Å²) in [6, 6.07) is 3.39. The van der Waals surface area contributed by atoms with E-state index >= 15 is 0 Å². The minimum atomic E-state index is -0.379. The molecule has 0 bridgehead atoms. The second-order valence-corrected chi connectivity index (χ2v) is 5.44. The van der Waals surface area contributed by atoms with E-state index in [-0.39, 0.29) is 16.7 Å². The third-order valence-electron chi connectivity index (χ3n) is 4.01. The van der Waals surface area contributed by atoms with Gasteiger partial charge in [0.25, 0.3) is 0 Å². The molecule has 6 heteroatoms. The Morgan fingerprint density at radius 1 is 1.30 bits per heavy atom. The number of pyridine rings is 1. The largest absolute Gasteiger partial charge is 0.373 e. The van der Waals surface area contributed by atoms with Gasteiger partial charge < -0.3 is 10.6 Å². The molecule has 1 aliphatic rings. The van der Waals surface area contributed by atoms with Crippen molar-refractivity contribution in [2.24, 2.45) is 5.92 Å². The Bertz CT molecular complexity index is 478. The van der Waals surface area contributed by atoms with Crippen LogP contribution < -0.4 is 10.6 Å². The molecule has 0 spiro atoms. The van der Waals surface area contributed by atoms with Crippen LogP contribution in [-0.2, 0) is 0 Å². The molecule has 0 aromatic carbocycles. The Balaban J connectivity index is 2.23. The lowest BCUT2D eigenvalue weighted by molar-refractivity contribution is -0.384. The molecule has 0 amide bonds. The third kappa shape index (κ3) is 3.37. The highest BCUT2D eigenvalue weighted by atomic mass is 16.6. The van der Waals surface area contributed by atoms with E-state index in [0.29, 0.717) is 17.6 Å². The number of nitrogens with zero attached hydrogens (tertiary/aromatic N) is 2. The van der Waals surface area contributed by atoms with Crippen LogP contribution in [0.1, 0.15) is 39.0 Å². The zero-order valence-corrected chi connectivity index (χ0v) is 12.1. The monoisotopic (exact) mass is 278 g/mol. The van der Waals surface area contributed by atoms with Gasteiger partial charge >= 0.3 is 5.69 Å². The molecule has 2 N–H and O–H groups in total. The molecule has 2 atom stereocenters. The molecule has 110 valence electrons. The molecule has 1 heterocycles. The van der Waals surface area contributed by atoms with Crippen LogP contribution in [0.3, 0.4) is 0 Å². The van der Waals surface area contributed by atoms with Gasteiger partial charge in [0.2, 0.25) is 5.82 Å². The van der Waals surface area contributed by atoms with Crippen molar-refractivity contribution < 1.29 is 4.92 Å². The lowest BCUT2D eigenvalue weighted by atomic mass is 9.97. The maximum Gasteiger partial charge on any atom is 0.311 e. The fourth-order valence-electron chi connectivity index (χ4n) is 2.73. The first kappa shape index (κ1) is 14.6. The van der Waals surface area contributed by atoms with Crippen molar-refractivity contribution in [2.75, 3.05) is 17.7 Å². The van der Waals surface area contributed by atoms with Gasteiger partial charge in [-0.05, 0) is 24.8 Å². The summed E-state index contributed by atoms with van der Waals surface area (Å²) >= 11 is 0. The van der Waals surface area contributed by atoms with Crippen molar-refractivity contribution in [3.63, 3.8) is 0 Å². The smallest absolute Gasteiger partial charge is 0.311 e. The van der Waals surface area contributed by atoms with Crippen molar-refractivity contribution in [1.29, 1.82) is 0 Å². The van der Waals surface area contributed by atoms with Gasteiger partial charge in [-0.1, -0.05) is 26.2 Å². The molecule has 6 nitrogen and oxygen atoms in total. The summed E-state index contributed by atoms with van der Waals surface area (Å²) in [4.78, 5) is 15.0. The van der Waals surface area contributed by atoms with Gasteiger partial charge in [-0.2, -0.15) is 0 Å². The summed E-state index contributed by atoms with van der Waals surface area (Å²) in [5.41, 5.74) is 0.0421. The van der Waals surface area contributed by atoms with E-state index in [1.807, 2.05) is 0 Å². The fraction of sp³-hybridized carbons (Fsp3) is 0.643. The zero-order chi connectivity index (χ0) is 14.5. The van der Waals surface area contributed by atoms with E-state index in [4.69, 9.17) is 0 Å². The molecule has 0 aliphatic heterocycles. The predicted molar refractivity (Wildman–Crippen MR) is 80.1 cm³/mol. The van der Waals surface area contributed by atoms with Crippen LogP contribution in [-0.4, -0.2) is 23.0 Å². The number of anilines is 2. The summed E-state index contributed by atoms with van der Waals surface area (Å²) in [5, 5.41) is 17.3. The maximum atomic E-state index is 11.1. The molecule has 1 aromatic rings. The van der Waals surface area contributed by atoms with Crippen molar-refractivity contribution in [3.8, 4) is 0 Å². The van der Waals surface area contributed by atoms with Gasteiger partial charge in [-0.25, -0.2) is 4.98 Å². The molecule has 1 saturated carbocycles. The van der Waals surface area contributed by atoms with Crippen molar-refractivity contribution in [3.05, 3.63) is 22.2 Å². The summed E-state index contributed by atoms with van der Waals surface area (Å²) in [6.07, 6.45) is 5.86. The predicted octanol–water partition coefficient (Wildman–Crippen LogP) is 3.41. The number of hydrogen-bond acceptors (Lipinski definition) is 5. The number of aromatic nitrogens is 1. The molecule has 0 radical (unpaired) electrons. The van der Waals surface area contributed by atoms with Crippen LogP contribution in [0.2, 0.25) is 0 Å². The van der Waals surface area contributed by atoms with E-state index in [9.17, 15) is 10.1 Å². The van der Waals surface area contributed by atoms with Crippen molar-refractivity contribution in [1.82, 2.24) is 4.98 Å². The van der Waals surface area contributed by atoms with Crippen molar-refractivity contribution in [2.45, 2.75) is 45.1 Å². The van der Waals surface area contributed by atoms with Crippen molar-refractivity contribution >= 4 is 17.3 Å². The normalized spacial score (nSPS) is 22.9.